The molecule has 2 fully saturated rings. The lowest BCUT2D eigenvalue weighted by Gasteiger charge is -2.21. The van der Waals surface area contributed by atoms with Crippen LogP contribution in [0.4, 0.5) is 0 Å². The Morgan fingerprint density at radius 2 is 1.67 bits per heavy atom. The van der Waals surface area contributed by atoms with Crippen LogP contribution in [0.5, 0.6) is 0 Å². The Morgan fingerprint density at radius 3 is 2.22 bits per heavy atom. The second-order valence-corrected chi connectivity index (χ2v) is 8.01. The summed E-state index contributed by atoms with van der Waals surface area (Å²) in [4.78, 5) is 2.02. The topological polar surface area (TPSA) is 90.0 Å². The van der Waals surface area contributed by atoms with Gasteiger partial charge in [0.1, 0.15) is 12.2 Å². The molecule has 0 bridgehead atoms. The molecule has 0 saturated carbocycles. The highest BCUT2D eigenvalue weighted by molar-refractivity contribution is 7.86. The van der Waals surface area contributed by atoms with Crippen molar-refractivity contribution in [2.45, 2.75) is 31.1 Å². The summed E-state index contributed by atoms with van der Waals surface area (Å²) in [6, 6.07) is -0.0773. The van der Waals surface area contributed by atoms with Crippen LogP contribution in [0.25, 0.3) is 0 Å². The van der Waals surface area contributed by atoms with Gasteiger partial charge < -0.3 is 0 Å². The molecule has 106 valence electrons. The molecular formula is C9H17NO6S2. The van der Waals surface area contributed by atoms with Crippen LogP contribution in [-0.4, -0.2) is 65.6 Å². The second-order valence-electron chi connectivity index (χ2n) is 4.81. The Labute approximate surface area is 107 Å². The molecule has 0 aliphatic carbocycles. The van der Waals surface area contributed by atoms with Crippen LogP contribution < -0.4 is 0 Å². The van der Waals surface area contributed by atoms with Crippen LogP contribution in [0.15, 0.2) is 0 Å². The Kier molecular flexibility index (Phi) is 3.72. The van der Waals surface area contributed by atoms with Crippen molar-refractivity contribution in [2.24, 2.45) is 0 Å². The molecule has 0 unspecified atom stereocenters. The minimum atomic E-state index is -3.64. The number of hydrogen-bond acceptors (Lipinski definition) is 7. The molecule has 18 heavy (non-hydrogen) atoms. The first-order chi connectivity index (χ1) is 8.16. The predicted molar refractivity (Wildman–Crippen MR) is 64.0 cm³/mol. The van der Waals surface area contributed by atoms with Crippen LogP contribution >= 0.6 is 0 Å². The first kappa shape index (κ1) is 14.2. The summed E-state index contributed by atoms with van der Waals surface area (Å²) in [6.45, 7) is 1.20. The molecule has 2 rings (SSSR count). The quantitative estimate of drug-likeness (QED) is 0.625. The Hall–Kier alpha value is -0.220. The maximum absolute atomic E-state index is 11.2. The van der Waals surface area contributed by atoms with E-state index in [1.807, 2.05) is 4.90 Å². The van der Waals surface area contributed by atoms with Gasteiger partial charge in [0.25, 0.3) is 20.2 Å². The van der Waals surface area contributed by atoms with Gasteiger partial charge in [0.15, 0.2) is 0 Å². The zero-order valence-corrected chi connectivity index (χ0v) is 11.9. The smallest absolute Gasteiger partial charge is 0.264 e. The van der Waals surface area contributed by atoms with Crippen LogP contribution in [0.2, 0.25) is 0 Å². The monoisotopic (exact) mass is 299 g/mol. The molecular weight excluding hydrogens is 282 g/mol. The molecule has 2 heterocycles. The first-order valence-corrected chi connectivity index (χ1v) is 9.29. The van der Waals surface area contributed by atoms with Gasteiger partial charge in [-0.05, 0) is 19.4 Å². The fourth-order valence-electron chi connectivity index (χ4n) is 2.67. The van der Waals surface area contributed by atoms with E-state index in [9.17, 15) is 16.8 Å². The third-order valence-electron chi connectivity index (χ3n) is 3.16. The molecule has 0 aromatic heterocycles. The van der Waals surface area contributed by atoms with Gasteiger partial charge in [-0.25, -0.2) is 0 Å². The van der Waals surface area contributed by atoms with Crippen LogP contribution in [-0.2, 0) is 28.6 Å². The third kappa shape index (κ3) is 3.41. The van der Waals surface area contributed by atoms with E-state index in [0.29, 0.717) is 6.54 Å². The highest BCUT2D eigenvalue weighted by atomic mass is 32.2. The Balaban J connectivity index is 2.18. The molecule has 2 aliphatic rings. The third-order valence-corrected chi connectivity index (χ3v) is 4.33. The van der Waals surface area contributed by atoms with Crippen molar-refractivity contribution in [2.75, 3.05) is 25.6 Å². The minimum Gasteiger partial charge on any atom is -0.295 e. The molecule has 2 saturated heterocycles. The van der Waals surface area contributed by atoms with Crippen LogP contribution in [0.1, 0.15) is 12.8 Å². The van der Waals surface area contributed by atoms with Crippen molar-refractivity contribution in [3.8, 4) is 0 Å². The predicted octanol–water partition coefficient (Wildman–Crippen LogP) is -0.846. The summed E-state index contributed by atoms with van der Waals surface area (Å²) in [7, 11) is -7.26. The Morgan fingerprint density at radius 1 is 1.06 bits per heavy atom. The van der Waals surface area contributed by atoms with Gasteiger partial charge in [0.05, 0.1) is 12.5 Å². The number of hydrogen-bond donors (Lipinski definition) is 0. The normalized spacial score (nSPS) is 33.8. The van der Waals surface area contributed by atoms with Crippen LogP contribution in [0.3, 0.4) is 0 Å². The van der Waals surface area contributed by atoms with Crippen LogP contribution in [0, 0.1) is 0 Å². The van der Waals surface area contributed by atoms with E-state index >= 15 is 0 Å². The highest BCUT2D eigenvalue weighted by Gasteiger charge is 2.48. The maximum Gasteiger partial charge on any atom is 0.264 e. The van der Waals surface area contributed by atoms with Gasteiger partial charge in [-0.3, -0.25) is 13.3 Å². The van der Waals surface area contributed by atoms with E-state index in [4.69, 9.17) is 8.37 Å². The zero-order chi connectivity index (χ0) is 13.6. The average molecular weight is 299 g/mol. The molecule has 0 N–H and O–H groups in total. The molecule has 0 radical (unpaired) electrons. The zero-order valence-electron chi connectivity index (χ0n) is 10.3. The van der Waals surface area contributed by atoms with Crippen molar-refractivity contribution >= 4 is 20.2 Å². The Bertz CT molecular complexity index is 513. The van der Waals surface area contributed by atoms with Crippen molar-refractivity contribution in [1.82, 2.24) is 4.90 Å². The van der Waals surface area contributed by atoms with E-state index < -0.39 is 32.4 Å². The summed E-state index contributed by atoms with van der Waals surface area (Å²) in [5, 5.41) is 0. The van der Waals surface area contributed by atoms with Gasteiger partial charge in [0, 0.05) is 12.6 Å². The lowest BCUT2D eigenvalue weighted by atomic mass is 10.1. The largest absolute Gasteiger partial charge is 0.295 e. The molecule has 0 amide bonds. The van der Waals surface area contributed by atoms with E-state index in [2.05, 4.69) is 0 Å². The van der Waals surface area contributed by atoms with Crippen molar-refractivity contribution < 1.29 is 25.2 Å². The van der Waals surface area contributed by atoms with Crippen molar-refractivity contribution in [3.05, 3.63) is 0 Å². The lowest BCUT2D eigenvalue weighted by molar-refractivity contribution is 0.0830. The second kappa shape index (κ2) is 4.71. The molecule has 7 nitrogen and oxygen atoms in total. The SMILES string of the molecule is CS(=O)(=O)O[C@H]1[C@@H](OS(C)(=O)=O)CN2CCC[C@H]12. The van der Waals surface area contributed by atoms with Crippen molar-refractivity contribution in [3.63, 3.8) is 0 Å². The molecule has 0 aromatic carbocycles. The number of rotatable bonds is 4. The summed E-state index contributed by atoms with van der Waals surface area (Å²) in [5.41, 5.74) is 0. The summed E-state index contributed by atoms with van der Waals surface area (Å²) < 4.78 is 54.8. The van der Waals surface area contributed by atoms with E-state index in [-0.39, 0.29) is 6.04 Å². The number of fused-ring (bicyclic) bond motifs is 1. The van der Waals surface area contributed by atoms with E-state index in [1.165, 1.54) is 0 Å². The van der Waals surface area contributed by atoms with Gasteiger partial charge in [-0.1, -0.05) is 0 Å². The summed E-state index contributed by atoms with van der Waals surface area (Å²) in [5.74, 6) is 0. The lowest BCUT2D eigenvalue weighted by Crippen LogP contribution is -2.37. The highest BCUT2D eigenvalue weighted by Crippen LogP contribution is 2.33. The molecule has 9 heteroatoms. The maximum atomic E-state index is 11.2. The van der Waals surface area contributed by atoms with Gasteiger partial charge in [0.2, 0.25) is 0 Å². The van der Waals surface area contributed by atoms with E-state index in [0.717, 1.165) is 31.9 Å². The minimum absolute atomic E-state index is 0.0773. The number of nitrogens with zero attached hydrogens (tertiary/aromatic N) is 1. The average Bonchev–Trinajstić information content (AvgIpc) is 2.66. The van der Waals surface area contributed by atoms with Crippen molar-refractivity contribution in [1.29, 1.82) is 0 Å². The molecule has 0 aromatic rings. The molecule has 0 spiro atoms. The molecule has 3 atom stereocenters. The van der Waals surface area contributed by atoms with Gasteiger partial charge in [-0.2, -0.15) is 16.8 Å². The fourth-order valence-corrected chi connectivity index (χ4v) is 3.95. The van der Waals surface area contributed by atoms with Gasteiger partial charge >= 0.3 is 0 Å². The van der Waals surface area contributed by atoms with Gasteiger partial charge in [-0.15, -0.1) is 0 Å². The first-order valence-electron chi connectivity index (χ1n) is 5.66. The fraction of sp³-hybridized carbons (Fsp3) is 1.00. The standard InChI is InChI=1S/C9H17NO6S2/c1-17(11,12)15-8-6-10-5-3-4-7(10)9(8)16-18(2,13)14/h7-9H,3-6H2,1-2H3/t7-,8+,9-/m1/s1. The summed E-state index contributed by atoms with van der Waals surface area (Å²) in [6.07, 6.45) is 2.18. The summed E-state index contributed by atoms with van der Waals surface area (Å²) >= 11 is 0. The molecule has 2 aliphatic heterocycles. The van der Waals surface area contributed by atoms with E-state index in [1.54, 1.807) is 0 Å².